The van der Waals surface area contributed by atoms with Crippen LogP contribution >= 0.6 is 0 Å². The summed E-state index contributed by atoms with van der Waals surface area (Å²) in [6.45, 7) is 2.61. The minimum Gasteiger partial charge on any atom is -0.339 e. The van der Waals surface area contributed by atoms with Crippen LogP contribution in [0.4, 0.5) is 5.69 Å². The summed E-state index contributed by atoms with van der Waals surface area (Å²) in [6.07, 6.45) is 2.24. The Morgan fingerprint density at radius 2 is 1.62 bits per heavy atom. The summed E-state index contributed by atoms with van der Waals surface area (Å²) >= 11 is 0. The predicted molar refractivity (Wildman–Crippen MR) is 127 cm³/mol. The van der Waals surface area contributed by atoms with E-state index in [0.29, 0.717) is 12.6 Å². The molecule has 0 radical (unpaired) electrons. The third-order valence-corrected chi connectivity index (χ3v) is 6.16. The van der Waals surface area contributed by atoms with Crippen molar-refractivity contribution in [1.82, 2.24) is 4.90 Å². The molecule has 1 saturated heterocycles. The molecule has 2 aliphatic heterocycles. The molecule has 0 amide bonds. The van der Waals surface area contributed by atoms with Crippen molar-refractivity contribution in [2.75, 3.05) is 24.7 Å². The number of rotatable bonds is 5. The van der Waals surface area contributed by atoms with Crippen LogP contribution in [0.3, 0.4) is 0 Å². The fourth-order valence-electron chi connectivity index (χ4n) is 4.62. The predicted octanol–water partition coefficient (Wildman–Crippen LogP) is 4.47. The summed E-state index contributed by atoms with van der Waals surface area (Å²) < 4.78 is 0. The van der Waals surface area contributed by atoms with Gasteiger partial charge in [0, 0.05) is 23.7 Å². The lowest BCUT2D eigenvalue weighted by Gasteiger charge is -2.32. The van der Waals surface area contributed by atoms with Crippen molar-refractivity contribution < 1.29 is 9.63 Å². The average molecular weight is 426 g/mol. The van der Waals surface area contributed by atoms with Gasteiger partial charge >= 0.3 is 5.97 Å². The monoisotopic (exact) mass is 425 g/mol. The second-order valence-corrected chi connectivity index (χ2v) is 8.32. The van der Waals surface area contributed by atoms with E-state index in [0.717, 1.165) is 48.5 Å². The molecule has 5 nitrogen and oxygen atoms in total. The smallest absolute Gasteiger partial charge is 0.339 e. The van der Waals surface area contributed by atoms with E-state index in [1.807, 2.05) is 54.6 Å². The Bertz CT molecular complexity index is 1100. The highest BCUT2D eigenvalue weighted by atomic mass is 16.7. The molecule has 3 aromatic carbocycles. The van der Waals surface area contributed by atoms with Gasteiger partial charge < -0.3 is 4.84 Å². The number of nitrogens with zero attached hydrogens (tertiary/aromatic N) is 3. The van der Waals surface area contributed by atoms with E-state index >= 15 is 0 Å². The third-order valence-electron chi connectivity index (χ3n) is 6.16. The molecule has 2 aliphatic rings. The van der Waals surface area contributed by atoms with E-state index < -0.39 is 0 Å². The van der Waals surface area contributed by atoms with Crippen LogP contribution in [0.2, 0.25) is 0 Å². The molecule has 162 valence electrons. The number of hydroxylamine groups is 1. The lowest BCUT2D eigenvalue weighted by Crippen LogP contribution is -2.42. The first kappa shape index (κ1) is 20.5. The number of anilines is 1. The fourth-order valence-corrected chi connectivity index (χ4v) is 4.62. The highest BCUT2D eigenvalue weighted by Gasteiger charge is 2.30. The normalized spacial score (nSPS) is 19.0. The second-order valence-electron chi connectivity index (χ2n) is 8.32. The number of hydrogen-bond donors (Lipinski definition) is 0. The van der Waals surface area contributed by atoms with Crippen LogP contribution in [-0.4, -0.2) is 42.3 Å². The van der Waals surface area contributed by atoms with E-state index in [4.69, 9.17) is 4.84 Å². The highest BCUT2D eigenvalue weighted by molar-refractivity contribution is 6.16. The summed E-state index contributed by atoms with van der Waals surface area (Å²) in [5.74, 6) is -0.333. The topological polar surface area (TPSA) is 45.1 Å². The van der Waals surface area contributed by atoms with Gasteiger partial charge in [-0.25, -0.2) is 9.86 Å². The van der Waals surface area contributed by atoms with Crippen molar-refractivity contribution in [2.45, 2.75) is 25.4 Å². The summed E-state index contributed by atoms with van der Waals surface area (Å²) in [5, 5.41) is 1.79. The number of para-hydroxylation sites is 1. The van der Waals surface area contributed by atoms with Crippen LogP contribution in [-0.2, 0) is 16.2 Å². The molecular formula is C27H27N3O2. The summed E-state index contributed by atoms with van der Waals surface area (Å²) in [7, 11) is 0. The van der Waals surface area contributed by atoms with Gasteiger partial charge in [-0.15, -0.1) is 0 Å². The average Bonchev–Trinajstić information content (AvgIpc) is 3.26. The molecule has 0 N–H and O–H groups in total. The Morgan fingerprint density at radius 3 is 2.44 bits per heavy atom. The number of benzene rings is 3. The third kappa shape index (κ3) is 4.43. The minimum atomic E-state index is -0.333. The summed E-state index contributed by atoms with van der Waals surface area (Å²) in [4.78, 5) is 25.5. The molecule has 3 aromatic rings. The SMILES string of the molecule is O=C1CN=C(c2ccccc2)c2ccccc2N(CC2CCCN2Cc2ccccc2)O1. The Hall–Kier alpha value is -3.44. The quantitative estimate of drug-likeness (QED) is 0.605. The van der Waals surface area contributed by atoms with E-state index in [-0.39, 0.29) is 12.5 Å². The van der Waals surface area contributed by atoms with Crippen LogP contribution in [0.25, 0.3) is 0 Å². The number of carbonyl (C=O) groups excluding carboxylic acids is 1. The molecule has 0 saturated carbocycles. The van der Waals surface area contributed by atoms with Crippen LogP contribution in [0.15, 0.2) is 89.9 Å². The number of aliphatic imine (C=N–C) groups is 1. The Morgan fingerprint density at radius 1 is 0.906 bits per heavy atom. The zero-order valence-electron chi connectivity index (χ0n) is 18.1. The molecule has 1 fully saturated rings. The summed E-state index contributed by atoms with van der Waals surface area (Å²) in [5.41, 5.74) is 5.01. The van der Waals surface area contributed by atoms with Gasteiger partial charge in [0.25, 0.3) is 0 Å². The molecule has 5 rings (SSSR count). The number of carbonyl (C=O) groups is 1. The fraction of sp³-hybridized carbons (Fsp3) is 0.259. The van der Waals surface area contributed by atoms with Crippen LogP contribution < -0.4 is 5.06 Å². The van der Waals surface area contributed by atoms with E-state index in [9.17, 15) is 4.79 Å². The molecular weight excluding hydrogens is 398 g/mol. The molecule has 0 aliphatic carbocycles. The first-order valence-electron chi connectivity index (χ1n) is 11.2. The van der Waals surface area contributed by atoms with Gasteiger partial charge in [-0.1, -0.05) is 78.9 Å². The first-order valence-corrected chi connectivity index (χ1v) is 11.2. The molecule has 0 bridgehead atoms. The van der Waals surface area contributed by atoms with Crippen molar-refractivity contribution in [1.29, 1.82) is 0 Å². The maximum absolute atomic E-state index is 12.6. The van der Waals surface area contributed by atoms with Gasteiger partial charge in [-0.05, 0) is 31.0 Å². The van der Waals surface area contributed by atoms with Crippen molar-refractivity contribution in [3.05, 3.63) is 102 Å². The molecule has 0 aromatic heterocycles. The maximum atomic E-state index is 12.6. The molecule has 2 heterocycles. The molecule has 0 spiro atoms. The second kappa shape index (κ2) is 9.37. The molecule has 5 heteroatoms. The van der Waals surface area contributed by atoms with Gasteiger partial charge in [0.1, 0.15) is 6.54 Å². The lowest BCUT2D eigenvalue weighted by atomic mass is 10.00. The van der Waals surface area contributed by atoms with E-state index in [2.05, 4.69) is 40.2 Å². The van der Waals surface area contributed by atoms with Crippen LogP contribution in [0, 0.1) is 0 Å². The van der Waals surface area contributed by atoms with Crippen molar-refractivity contribution >= 4 is 17.4 Å². The zero-order valence-corrected chi connectivity index (χ0v) is 18.1. The highest BCUT2D eigenvalue weighted by Crippen LogP contribution is 2.29. The lowest BCUT2D eigenvalue weighted by molar-refractivity contribution is -0.143. The number of fused-ring (bicyclic) bond motifs is 1. The molecule has 1 atom stereocenters. The Kier molecular flexibility index (Phi) is 5.99. The standard InChI is InChI=1S/C27H27N3O2/c31-26-18-28-27(22-12-5-2-6-13-22)24-15-7-8-16-25(24)30(32-26)20-23-14-9-17-29(23)19-21-10-3-1-4-11-21/h1-8,10-13,15-16,23H,9,14,17-20H2. The first-order chi connectivity index (χ1) is 15.8. The van der Waals surface area contributed by atoms with Gasteiger partial charge in [0.15, 0.2) is 0 Å². The van der Waals surface area contributed by atoms with Gasteiger partial charge in [-0.2, -0.15) is 0 Å². The van der Waals surface area contributed by atoms with Crippen molar-refractivity contribution in [3.8, 4) is 0 Å². The maximum Gasteiger partial charge on any atom is 0.353 e. The van der Waals surface area contributed by atoms with Crippen molar-refractivity contribution in [2.24, 2.45) is 4.99 Å². The van der Waals surface area contributed by atoms with Crippen molar-refractivity contribution in [3.63, 3.8) is 0 Å². The van der Waals surface area contributed by atoms with E-state index in [1.54, 1.807) is 5.06 Å². The minimum absolute atomic E-state index is 0.00740. The van der Waals surface area contributed by atoms with Gasteiger partial charge in [0.05, 0.1) is 17.9 Å². The molecule has 1 unspecified atom stereocenters. The molecule has 32 heavy (non-hydrogen) atoms. The number of hydrogen-bond acceptors (Lipinski definition) is 5. The van der Waals surface area contributed by atoms with E-state index in [1.165, 1.54) is 5.56 Å². The Balaban J connectivity index is 1.44. The van der Waals surface area contributed by atoms with Gasteiger partial charge in [0.2, 0.25) is 0 Å². The van der Waals surface area contributed by atoms with Gasteiger partial charge in [-0.3, -0.25) is 9.89 Å². The van der Waals surface area contributed by atoms with Crippen LogP contribution in [0.5, 0.6) is 0 Å². The zero-order chi connectivity index (χ0) is 21.8. The largest absolute Gasteiger partial charge is 0.353 e. The van der Waals surface area contributed by atoms with Crippen LogP contribution in [0.1, 0.15) is 29.5 Å². The Labute approximate surface area is 188 Å². The summed E-state index contributed by atoms with van der Waals surface area (Å²) in [6, 6.07) is 29.0. The number of likely N-dealkylation sites (tertiary alicyclic amines) is 1.